The van der Waals surface area contributed by atoms with Crippen molar-refractivity contribution in [2.24, 2.45) is 0 Å². The molecule has 2 rings (SSSR count). The molecule has 10 heteroatoms. The summed E-state index contributed by atoms with van der Waals surface area (Å²) in [7, 11) is 0. The molecule has 0 saturated carbocycles. The Balaban J connectivity index is 2.12. The predicted octanol–water partition coefficient (Wildman–Crippen LogP) is 2.57. The largest absolute Gasteiger partial charge is 0.405 e. The van der Waals surface area contributed by atoms with Crippen molar-refractivity contribution in [3.05, 3.63) is 41.8 Å². The molecule has 120 valence electrons. The quantitative estimate of drug-likeness (QED) is 0.850. The number of aromatic nitrogens is 2. The van der Waals surface area contributed by atoms with Crippen molar-refractivity contribution in [2.45, 2.75) is 6.18 Å². The third-order valence-corrected chi connectivity index (χ3v) is 2.63. The molecule has 23 heavy (non-hydrogen) atoms. The van der Waals surface area contributed by atoms with Crippen molar-refractivity contribution in [3.8, 4) is 11.8 Å². The van der Waals surface area contributed by atoms with Crippen LogP contribution in [0.2, 0.25) is 0 Å². The molecule has 1 aromatic heterocycles. The number of benzene rings is 1. The molecule has 0 aliphatic rings. The van der Waals surface area contributed by atoms with Gasteiger partial charge in [-0.25, -0.2) is 13.9 Å². The minimum atomic E-state index is -4.53. The lowest BCUT2D eigenvalue weighted by molar-refractivity contribution is -0.122. The molecule has 2 amide bonds. The van der Waals surface area contributed by atoms with Crippen molar-refractivity contribution in [2.75, 3.05) is 11.9 Å². The van der Waals surface area contributed by atoms with Gasteiger partial charge in [0.25, 0.3) is 0 Å². The normalized spacial score (nSPS) is 10.9. The van der Waals surface area contributed by atoms with E-state index in [0.717, 1.165) is 10.7 Å². The first-order valence-corrected chi connectivity index (χ1v) is 6.16. The van der Waals surface area contributed by atoms with Crippen LogP contribution in [0.1, 0.15) is 5.56 Å². The third kappa shape index (κ3) is 4.19. The van der Waals surface area contributed by atoms with Gasteiger partial charge in [0.05, 0.1) is 5.69 Å². The van der Waals surface area contributed by atoms with Gasteiger partial charge in [-0.2, -0.15) is 18.4 Å². The Hall–Kier alpha value is -3.09. The van der Waals surface area contributed by atoms with E-state index in [2.05, 4.69) is 10.4 Å². The van der Waals surface area contributed by atoms with Crippen molar-refractivity contribution < 1.29 is 22.4 Å². The Kier molecular flexibility index (Phi) is 4.49. The maximum atomic E-state index is 13.5. The highest BCUT2D eigenvalue weighted by Crippen LogP contribution is 2.18. The van der Waals surface area contributed by atoms with Gasteiger partial charge in [0.1, 0.15) is 24.0 Å². The summed E-state index contributed by atoms with van der Waals surface area (Å²) in [6.45, 7) is -1.48. The Morgan fingerprint density at radius 1 is 1.35 bits per heavy atom. The zero-order valence-corrected chi connectivity index (χ0v) is 11.4. The van der Waals surface area contributed by atoms with Gasteiger partial charge in [-0.15, -0.1) is 5.10 Å². The van der Waals surface area contributed by atoms with Crippen LogP contribution in [0.5, 0.6) is 0 Å². The summed E-state index contributed by atoms with van der Waals surface area (Å²) in [4.78, 5) is 11.3. The first kappa shape index (κ1) is 16.3. The van der Waals surface area contributed by atoms with E-state index in [1.165, 1.54) is 24.4 Å². The van der Waals surface area contributed by atoms with Gasteiger partial charge in [-0.3, -0.25) is 5.32 Å². The number of carbonyl (C=O) groups is 1. The number of urea groups is 1. The van der Waals surface area contributed by atoms with Crippen molar-refractivity contribution >= 4 is 11.8 Å². The fraction of sp³-hybridized carbons (Fsp3) is 0.154. The molecule has 0 radical (unpaired) electrons. The Morgan fingerprint density at radius 2 is 2.09 bits per heavy atom. The number of alkyl halides is 3. The molecule has 1 heterocycles. The summed E-state index contributed by atoms with van der Waals surface area (Å²) >= 11 is 0. The zero-order chi connectivity index (χ0) is 17.0. The second kappa shape index (κ2) is 6.35. The lowest BCUT2D eigenvalue weighted by Crippen LogP contribution is -2.36. The molecule has 6 nitrogen and oxygen atoms in total. The molecule has 0 aliphatic heterocycles. The lowest BCUT2D eigenvalue weighted by Gasteiger charge is -2.08. The molecule has 2 aromatic rings. The predicted molar refractivity (Wildman–Crippen MR) is 71.3 cm³/mol. The van der Waals surface area contributed by atoms with Crippen molar-refractivity contribution in [1.29, 1.82) is 5.26 Å². The van der Waals surface area contributed by atoms with Crippen LogP contribution in [0.25, 0.3) is 5.69 Å². The number of rotatable bonds is 3. The number of hydrogen-bond donors (Lipinski definition) is 2. The van der Waals surface area contributed by atoms with Crippen LogP contribution in [0.15, 0.2) is 30.5 Å². The summed E-state index contributed by atoms with van der Waals surface area (Å²) in [6.07, 6.45) is -3.20. The van der Waals surface area contributed by atoms with Gasteiger partial charge >= 0.3 is 12.2 Å². The lowest BCUT2D eigenvalue weighted by atomic mass is 10.2. The number of nitrogens with zero attached hydrogens (tertiary/aromatic N) is 3. The molecule has 0 atom stereocenters. The van der Waals surface area contributed by atoms with Gasteiger partial charge < -0.3 is 5.32 Å². The topological polar surface area (TPSA) is 82.7 Å². The molecule has 1 aromatic carbocycles. The van der Waals surface area contributed by atoms with E-state index in [9.17, 15) is 22.4 Å². The van der Waals surface area contributed by atoms with Crippen LogP contribution >= 0.6 is 0 Å². The van der Waals surface area contributed by atoms with E-state index in [1.54, 1.807) is 11.4 Å². The van der Waals surface area contributed by atoms with E-state index in [0.29, 0.717) is 0 Å². The zero-order valence-electron chi connectivity index (χ0n) is 11.4. The minimum Gasteiger partial charge on any atom is -0.329 e. The van der Waals surface area contributed by atoms with Gasteiger partial charge in [0, 0.05) is 12.3 Å². The van der Waals surface area contributed by atoms with Crippen LogP contribution in [0.3, 0.4) is 0 Å². The highest BCUT2D eigenvalue weighted by Gasteiger charge is 2.27. The van der Waals surface area contributed by atoms with E-state index in [1.807, 2.05) is 0 Å². The van der Waals surface area contributed by atoms with E-state index in [-0.39, 0.29) is 17.1 Å². The van der Waals surface area contributed by atoms with Crippen LogP contribution in [0.4, 0.5) is 28.2 Å². The number of carbonyl (C=O) groups excluding carboxylic acids is 1. The maximum Gasteiger partial charge on any atom is 0.405 e. The smallest absolute Gasteiger partial charge is 0.329 e. The number of nitrogens with one attached hydrogen (secondary N) is 2. The van der Waals surface area contributed by atoms with E-state index >= 15 is 0 Å². The number of anilines is 1. The Morgan fingerprint density at radius 3 is 2.74 bits per heavy atom. The van der Waals surface area contributed by atoms with Crippen LogP contribution in [0, 0.1) is 17.1 Å². The average Bonchev–Trinajstić information content (AvgIpc) is 2.92. The molecule has 0 fully saturated rings. The summed E-state index contributed by atoms with van der Waals surface area (Å²) in [6, 6.07) is 5.80. The summed E-state index contributed by atoms with van der Waals surface area (Å²) in [5, 5.41) is 16.5. The SMILES string of the molecule is N#Cc1c(F)cccc1-n1ccc(NC(=O)NCC(F)(F)F)n1. The molecular weight excluding hydrogens is 318 g/mol. The van der Waals surface area contributed by atoms with Crippen LogP contribution in [-0.2, 0) is 0 Å². The summed E-state index contributed by atoms with van der Waals surface area (Å²) in [5.41, 5.74) is -0.111. The first-order chi connectivity index (χ1) is 10.8. The summed E-state index contributed by atoms with van der Waals surface area (Å²) < 4.78 is 50.6. The van der Waals surface area contributed by atoms with E-state index < -0.39 is 24.6 Å². The fourth-order valence-corrected chi connectivity index (χ4v) is 1.68. The molecular formula is C13H9F4N5O. The van der Waals surface area contributed by atoms with Crippen molar-refractivity contribution in [1.82, 2.24) is 15.1 Å². The summed E-state index contributed by atoms with van der Waals surface area (Å²) in [5.74, 6) is -0.796. The highest BCUT2D eigenvalue weighted by atomic mass is 19.4. The van der Waals surface area contributed by atoms with Crippen LogP contribution < -0.4 is 10.6 Å². The first-order valence-electron chi connectivity index (χ1n) is 6.16. The fourth-order valence-electron chi connectivity index (χ4n) is 1.68. The van der Waals surface area contributed by atoms with Crippen molar-refractivity contribution in [3.63, 3.8) is 0 Å². The third-order valence-electron chi connectivity index (χ3n) is 2.63. The standard InChI is InChI=1S/C13H9F4N5O/c14-9-2-1-3-10(8(9)6-18)22-5-4-11(21-22)20-12(23)19-7-13(15,16)17/h1-5H,7H2,(H2,19,20,21,23). The monoisotopic (exact) mass is 327 g/mol. The number of amides is 2. The highest BCUT2D eigenvalue weighted by molar-refractivity contribution is 5.88. The van der Waals surface area contributed by atoms with Gasteiger partial charge in [-0.05, 0) is 12.1 Å². The second-order valence-corrected chi connectivity index (χ2v) is 4.31. The minimum absolute atomic E-state index is 0.0576. The van der Waals surface area contributed by atoms with Crippen LogP contribution in [-0.4, -0.2) is 28.5 Å². The molecule has 0 aliphatic carbocycles. The molecule has 0 unspecified atom stereocenters. The maximum absolute atomic E-state index is 13.5. The van der Waals surface area contributed by atoms with E-state index in [4.69, 9.17) is 5.26 Å². The molecule has 2 N–H and O–H groups in total. The molecule has 0 bridgehead atoms. The Labute approximate surface area is 127 Å². The second-order valence-electron chi connectivity index (χ2n) is 4.31. The average molecular weight is 327 g/mol. The number of halogens is 4. The number of nitriles is 1. The molecule has 0 saturated heterocycles. The van der Waals surface area contributed by atoms with Gasteiger partial charge in [0.2, 0.25) is 0 Å². The number of hydrogen-bond acceptors (Lipinski definition) is 3. The van der Waals surface area contributed by atoms with Gasteiger partial charge in [-0.1, -0.05) is 6.07 Å². The molecule has 0 spiro atoms. The Bertz CT molecular complexity index is 762. The van der Waals surface area contributed by atoms with Gasteiger partial charge in [0.15, 0.2) is 5.82 Å².